The lowest BCUT2D eigenvalue weighted by Crippen LogP contribution is -2.13. The van der Waals surface area contributed by atoms with E-state index in [1.54, 1.807) is 6.07 Å². The van der Waals surface area contributed by atoms with Gasteiger partial charge in [-0.05, 0) is 36.4 Å². The van der Waals surface area contributed by atoms with Crippen LogP contribution in [0, 0.1) is 0 Å². The molecule has 0 saturated heterocycles. The van der Waals surface area contributed by atoms with Gasteiger partial charge in [-0.1, -0.05) is 25.2 Å². The highest BCUT2D eigenvalue weighted by molar-refractivity contribution is 7.94. The maximum Gasteiger partial charge on any atom is 0.273 e. The number of hydrogen-bond donors (Lipinski definition) is 2. The highest BCUT2D eigenvalue weighted by Crippen LogP contribution is 2.24. The number of sulfonamides is 1. The van der Waals surface area contributed by atoms with Gasteiger partial charge in [-0.15, -0.1) is 21.5 Å². The molecule has 0 saturated carbocycles. The fourth-order valence-corrected chi connectivity index (χ4v) is 4.72. The summed E-state index contributed by atoms with van der Waals surface area (Å²) >= 11 is 2.47. The van der Waals surface area contributed by atoms with Crippen LogP contribution in [0.1, 0.15) is 30.8 Å². The van der Waals surface area contributed by atoms with Crippen molar-refractivity contribution in [1.82, 2.24) is 15.5 Å². The molecule has 2 aromatic heterocycles. The number of aromatic nitrogens is 2. The number of rotatable bonds is 8. The van der Waals surface area contributed by atoms with Gasteiger partial charge in [0, 0.05) is 6.54 Å². The Morgan fingerprint density at radius 1 is 1.29 bits per heavy atom. The molecule has 2 aromatic rings. The van der Waals surface area contributed by atoms with Gasteiger partial charge in [0.25, 0.3) is 10.0 Å². The molecule has 21 heavy (non-hydrogen) atoms. The second kappa shape index (κ2) is 7.30. The maximum absolute atomic E-state index is 12.3. The van der Waals surface area contributed by atoms with Crippen LogP contribution in [0.4, 0.5) is 5.13 Å². The molecule has 0 radical (unpaired) electrons. The zero-order valence-corrected chi connectivity index (χ0v) is 14.4. The summed E-state index contributed by atoms with van der Waals surface area (Å²) in [5, 5.41) is 14.0. The lowest BCUT2D eigenvalue weighted by Gasteiger charge is -2.01. The summed E-state index contributed by atoms with van der Waals surface area (Å²) in [6.45, 7) is 5.64. The van der Waals surface area contributed by atoms with Crippen LogP contribution in [-0.4, -0.2) is 25.2 Å². The Balaban J connectivity index is 2.05. The smallest absolute Gasteiger partial charge is 0.273 e. The van der Waals surface area contributed by atoms with Gasteiger partial charge in [-0.2, -0.15) is 0 Å². The molecule has 2 N–H and O–H groups in total. The Bertz CT molecular complexity index is 678. The van der Waals surface area contributed by atoms with E-state index >= 15 is 0 Å². The van der Waals surface area contributed by atoms with E-state index in [1.165, 1.54) is 22.7 Å². The highest BCUT2D eigenvalue weighted by atomic mass is 32.2. The zero-order valence-electron chi connectivity index (χ0n) is 11.9. The van der Waals surface area contributed by atoms with Crippen molar-refractivity contribution in [2.24, 2.45) is 0 Å². The van der Waals surface area contributed by atoms with Crippen LogP contribution < -0.4 is 10.0 Å². The van der Waals surface area contributed by atoms with E-state index in [0.717, 1.165) is 30.0 Å². The third-order valence-electron chi connectivity index (χ3n) is 2.64. The summed E-state index contributed by atoms with van der Waals surface area (Å²) < 4.78 is 27.3. The number of aryl methyl sites for hydroxylation is 1. The molecule has 0 aliphatic rings. The largest absolute Gasteiger partial charge is 0.313 e. The van der Waals surface area contributed by atoms with Crippen molar-refractivity contribution in [2.45, 2.75) is 37.4 Å². The molecular weight excluding hydrogens is 328 g/mol. The van der Waals surface area contributed by atoms with E-state index in [1.807, 2.05) is 12.3 Å². The third kappa shape index (κ3) is 4.47. The van der Waals surface area contributed by atoms with Gasteiger partial charge < -0.3 is 5.32 Å². The first kappa shape index (κ1) is 16.3. The van der Waals surface area contributed by atoms with E-state index in [-0.39, 0.29) is 0 Å². The standard InChI is InChI=1S/C12H18N4O2S3/c1-3-5-13-7-9-6-11(19-8-9)21(17,18)16-12-15-14-10(4-2)20-12/h6,8,13H,3-5,7H2,1-2H3,(H,15,16). The SMILES string of the molecule is CCCNCc1csc(S(=O)(=O)Nc2nnc(CC)s2)c1. The van der Waals surface area contributed by atoms with E-state index in [9.17, 15) is 8.42 Å². The Kier molecular flexibility index (Phi) is 5.68. The van der Waals surface area contributed by atoms with Gasteiger partial charge in [-0.25, -0.2) is 8.42 Å². The normalized spacial score (nSPS) is 11.7. The van der Waals surface area contributed by atoms with E-state index in [2.05, 4.69) is 27.2 Å². The number of anilines is 1. The van der Waals surface area contributed by atoms with Crippen molar-refractivity contribution >= 4 is 37.8 Å². The predicted molar refractivity (Wildman–Crippen MR) is 86.4 cm³/mol. The number of nitrogens with one attached hydrogen (secondary N) is 2. The molecule has 0 bridgehead atoms. The predicted octanol–water partition coefficient (Wildman–Crippen LogP) is 2.46. The topological polar surface area (TPSA) is 84.0 Å². The molecule has 0 atom stereocenters. The van der Waals surface area contributed by atoms with Crippen LogP contribution in [0.15, 0.2) is 15.7 Å². The highest BCUT2D eigenvalue weighted by Gasteiger charge is 2.19. The quantitative estimate of drug-likeness (QED) is 0.717. The summed E-state index contributed by atoms with van der Waals surface area (Å²) in [7, 11) is -3.57. The first-order valence-electron chi connectivity index (χ1n) is 6.68. The molecule has 0 fully saturated rings. The van der Waals surface area contributed by atoms with Gasteiger partial charge in [-0.3, -0.25) is 4.72 Å². The zero-order chi connectivity index (χ0) is 15.3. The summed E-state index contributed by atoms with van der Waals surface area (Å²) in [6.07, 6.45) is 1.79. The molecule has 0 unspecified atom stereocenters. The van der Waals surface area contributed by atoms with Crippen molar-refractivity contribution in [3.8, 4) is 0 Å². The Morgan fingerprint density at radius 2 is 2.10 bits per heavy atom. The molecule has 2 rings (SSSR count). The minimum Gasteiger partial charge on any atom is -0.313 e. The van der Waals surface area contributed by atoms with Crippen LogP contribution in [0.25, 0.3) is 0 Å². The number of thiophene rings is 1. The first-order valence-corrected chi connectivity index (χ1v) is 9.86. The van der Waals surface area contributed by atoms with Crippen molar-refractivity contribution < 1.29 is 8.42 Å². The Labute approximate surface area is 132 Å². The molecule has 0 amide bonds. The Hall–Kier alpha value is -1.03. The molecule has 6 nitrogen and oxygen atoms in total. The number of nitrogens with zero attached hydrogens (tertiary/aromatic N) is 2. The van der Waals surface area contributed by atoms with Gasteiger partial charge in [0.15, 0.2) is 0 Å². The lowest BCUT2D eigenvalue weighted by molar-refractivity contribution is 0.603. The van der Waals surface area contributed by atoms with Crippen LogP contribution >= 0.6 is 22.7 Å². The van der Waals surface area contributed by atoms with E-state index < -0.39 is 10.0 Å². The van der Waals surface area contributed by atoms with Gasteiger partial charge in [0.2, 0.25) is 5.13 Å². The minimum atomic E-state index is -3.57. The summed E-state index contributed by atoms with van der Waals surface area (Å²) in [5.41, 5.74) is 0.973. The van der Waals surface area contributed by atoms with Gasteiger partial charge >= 0.3 is 0 Å². The van der Waals surface area contributed by atoms with E-state index in [4.69, 9.17) is 0 Å². The second-order valence-corrected chi connectivity index (χ2v) is 8.29. The molecule has 0 spiro atoms. The van der Waals surface area contributed by atoms with Crippen LogP contribution in [0.2, 0.25) is 0 Å². The summed E-state index contributed by atoms with van der Waals surface area (Å²) in [5.74, 6) is 0. The summed E-state index contributed by atoms with van der Waals surface area (Å²) in [6, 6.07) is 1.69. The average Bonchev–Trinajstić information content (AvgIpc) is 3.08. The van der Waals surface area contributed by atoms with Crippen LogP contribution in [0.3, 0.4) is 0 Å². The fourth-order valence-electron chi connectivity index (χ4n) is 1.60. The molecule has 0 aliphatic carbocycles. The van der Waals surface area contributed by atoms with Gasteiger partial charge in [0.05, 0.1) is 0 Å². The molecule has 2 heterocycles. The second-order valence-electron chi connectivity index (χ2n) is 4.41. The molecule has 0 aromatic carbocycles. The average molecular weight is 347 g/mol. The summed E-state index contributed by atoms with van der Waals surface area (Å²) in [4.78, 5) is 0. The van der Waals surface area contributed by atoms with Crippen LogP contribution in [0.5, 0.6) is 0 Å². The Morgan fingerprint density at radius 3 is 2.76 bits per heavy atom. The van der Waals surface area contributed by atoms with Crippen molar-refractivity contribution in [3.05, 3.63) is 22.0 Å². The fraction of sp³-hybridized carbons (Fsp3) is 0.500. The monoisotopic (exact) mass is 346 g/mol. The lowest BCUT2D eigenvalue weighted by atomic mass is 10.3. The third-order valence-corrected chi connectivity index (χ3v) is 6.58. The molecule has 9 heteroatoms. The van der Waals surface area contributed by atoms with Crippen molar-refractivity contribution in [3.63, 3.8) is 0 Å². The maximum atomic E-state index is 12.3. The van der Waals surface area contributed by atoms with Crippen LogP contribution in [-0.2, 0) is 23.0 Å². The molecule has 116 valence electrons. The molecular formula is C12H18N4O2S3. The van der Waals surface area contributed by atoms with Gasteiger partial charge in [0.1, 0.15) is 9.22 Å². The van der Waals surface area contributed by atoms with E-state index in [0.29, 0.717) is 15.9 Å². The minimum absolute atomic E-state index is 0.295. The first-order chi connectivity index (χ1) is 10.0. The van der Waals surface area contributed by atoms with Crippen molar-refractivity contribution in [2.75, 3.05) is 11.3 Å². The number of hydrogen-bond acceptors (Lipinski definition) is 7. The van der Waals surface area contributed by atoms with Crippen molar-refractivity contribution in [1.29, 1.82) is 0 Å². The molecule has 0 aliphatic heterocycles.